The lowest BCUT2D eigenvalue weighted by atomic mass is 10.1. The molecular weight excluding hydrogens is 262 g/mol. The summed E-state index contributed by atoms with van der Waals surface area (Å²) in [4.78, 5) is 4.47. The fourth-order valence-corrected chi connectivity index (χ4v) is 2.39. The van der Waals surface area contributed by atoms with Gasteiger partial charge in [-0.2, -0.15) is 5.10 Å². The van der Waals surface area contributed by atoms with Gasteiger partial charge in [-0.1, -0.05) is 0 Å². The summed E-state index contributed by atoms with van der Waals surface area (Å²) in [5.74, 6) is 1.04. The summed E-state index contributed by atoms with van der Waals surface area (Å²) in [6.07, 6.45) is 1.97. The Kier molecular flexibility index (Phi) is 4.52. The molecule has 0 aliphatic carbocycles. The van der Waals surface area contributed by atoms with E-state index in [1.54, 1.807) is 0 Å². The number of hydrogen-bond acceptors (Lipinski definition) is 3. The minimum Gasteiger partial charge on any atom is -0.325 e. The summed E-state index contributed by atoms with van der Waals surface area (Å²) < 4.78 is 4.33. The highest BCUT2D eigenvalue weighted by Crippen LogP contribution is 2.12. The minimum atomic E-state index is 0.102. The zero-order valence-electron chi connectivity index (χ0n) is 14.1. The Morgan fingerprint density at radius 3 is 2.52 bits per heavy atom. The predicted molar refractivity (Wildman–Crippen MR) is 85.3 cm³/mol. The molecule has 116 valence electrons. The number of imidazole rings is 1. The smallest absolute Gasteiger partial charge is 0.106 e. The summed E-state index contributed by atoms with van der Waals surface area (Å²) in [5.41, 5.74) is 3.61. The Labute approximate surface area is 127 Å². The van der Waals surface area contributed by atoms with E-state index in [-0.39, 0.29) is 5.54 Å². The van der Waals surface area contributed by atoms with Crippen molar-refractivity contribution in [2.24, 2.45) is 0 Å². The molecule has 0 atom stereocenters. The van der Waals surface area contributed by atoms with Gasteiger partial charge in [0.1, 0.15) is 5.82 Å². The summed E-state index contributed by atoms with van der Waals surface area (Å²) in [6, 6.07) is 2.16. The lowest BCUT2D eigenvalue weighted by Gasteiger charge is -2.21. The number of aryl methyl sites for hydroxylation is 3. The van der Waals surface area contributed by atoms with Crippen molar-refractivity contribution in [2.75, 3.05) is 0 Å². The fourth-order valence-electron chi connectivity index (χ4n) is 2.39. The average molecular weight is 289 g/mol. The van der Waals surface area contributed by atoms with Crippen molar-refractivity contribution >= 4 is 0 Å². The van der Waals surface area contributed by atoms with E-state index < -0.39 is 0 Å². The van der Waals surface area contributed by atoms with E-state index in [1.807, 2.05) is 13.1 Å². The number of aromatic nitrogens is 4. The van der Waals surface area contributed by atoms with Gasteiger partial charge in [0, 0.05) is 24.8 Å². The van der Waals surface area contributed by atoms with Crippen LogP contribution in [0.1, 0.15) is 50.6 Å². The quantitative estimate of drug-likeness (QED) is 0.920. The van der Waals surface area contributed by atoms with E-state index in [9.17, 15) is 0 Å². The van der Waals surface area contributed by atoms with Crippen LogP contribution in [0.25, 0.3) is 0 Å². The molecule has 2 aromatic heterocycles. The molecular formula is C16H27N5. The number of rotatable bonds is 5. The van der Waals surface area contributed by atoms with Crippen molar-refractivity contribution in [3.63, 3.8) is 0 Å². The third-order valence-electron chi connectivity index (χ3n) is 3.54. The second kappa shape index (κ2) is 6.02. The fraction of sp³-hybridized carbons (Fsp3) is 0.625. The van der Waals surface area contributed by atoms with E-state index in [2.05, 4.69) is 65.3 Å². The van der Waals surface area contributed by atoms with E-state index in [0.717, 1.165) is 31.2 Å². The Morgan fingerprint density at radius 1 is 1.19 bits per heavy atom. The molecule has 0 saturated heterocycles. The highest BCUT2D eigenvalue weighted by molar-refractivity contribution is 5.13. The van der Waals surface area contributed by atoms with Crippen LogP contribution in [-0.4, -0.2) is 24.9 Å². The molecule has 0 spiro atoms. The normalized spacial score (nSPS) is 12.1. The first kappa shape index (κ1) is 15.8. The van der Waals surface area contributed by atoms with Crippen molar-refractivity contribution in [1.29, 1.82) is 0 Å². The van der Waals surface area contributed by atoms with Crippen molar-refractivity contribution < 1.29 is 0 Å². The van der Waals surface area contributed by atoms with Gasteiger partial charge < -0.3 is 9.88 Å². The van der Waals surface area contributed by atoms with Crippen LogP contribution in [0, 0.1) is 13.8 Å². The Hall–Kier alpha value is -1.62. The van der Waals surface area contributed by atoms with E-state index >= 15 is 0 Å². The van der Waals surface area contributed by atoms with Crippen molar-refractivity contribution in [1.82, 2.24) is 24.6 Å². The Morgan fingerprint density at radius 2 is 1.90 bits per heavy atom. The summed E-state index contributed by atoms with van der Waals surface area (Å²) >= 11 is 0. The molecule has 0 aromatic carbocycles. The van der Waals surface area contributed by atoms with Crippen molar-refractivity contribution in [3.8, 4) is 0 Å². The zero-order valence-corrected chi connectivity index (χ0v) is 14.1. The summed E-state index contributed by atoms with van der Waals surface area (Å²) in [7, 11) is 0. The monoisotopic (exact) mass is 289 g/mol. The van der Waals surface area contributed by atoms with Gasteiger partial charge in [0.2, 0.25) is 0 Å². The van der Waals surface area contributed by atoms with Gasteiger partial charge in [-0.3, -0.25) is 4.68 Å². The van der Waals surface area contributed by atoms with Crippen LogP contribution in [0.3, 0.4) is 0 Å². The van der Waals surface area contributed by atoms with Crippen LogP contribution >= 0.6 is 0 Å². The van der Waals surface area contributed by atoms with E-state index in [1.165, 1.54) is 11.4 Å². The second-order valence-electron chi connectivity index (χ2n) is 6.58. The van der Waals surface area contributed by atoms with Crippen LogP contribution < -0.4 is 5.32 Å². The third kappa shape index (κ3) is 3.94. The lowest BCUT2D eigenvalue weighted by Crippen LogP contribution is -2.35. The van der Waals surface area contributed by atoms with E-state index in [0.29, 0.717) is 0 Å². The molecule has 2 heterocycles. The molecule has 0 aliphatic rings. The third-order valence-corrected chi connectivity index (χ3v) is 3.54. The topological polar surface area (TPSA) is 47.7 Å². The Bertz CT molecular complexity index is 601. The van der Waals surface area contributed by atoms with Gasteiger partial charge in [0.15, 0.2) is 0 Å². The summed E-state index contributed by atoms with van der Waals surface area (Å²) in [6.45, 7) is 15.3. The van der Waals surface area contributed by atoms with Crippen LogP contribution in [0.15, 0.2) is 12.3 Å². The molecule has 0 bridgehead atoms. The van der Waals surface area contributed by atoms with Crippen LogP contribution in [0.2, 0.25) is 0 Å². The van der Waals surface area contributed by atoms with Gasteiger partial charge in [0.25, 0.3) is 0 Å². The van der Waals surface area contributed by atoms with Crippen LogP contribution in [-0.2, 0) is 19.6 Å². The largest absolute Gasteiger partial charge is 0.325 e. The molecule has 5 heteroatoms. The van der Waals surface area contributed by atoms with Gasteiger partial charge in [0.05, 0.1) is 23.6 Å². The van der Waals surface area contributed by atoms with E-state index in [4.69, 9.17) is 0 Å². The van der Waals surface area contributed by atoms with Gasteiger partial charge in [-0.25, -0.2) is 4.98 Å². The molecule has 21 heavy (non-hydrogen) atoms. The molecule has 2 rings (SSSR count). The first-order valence-electron chi connectivity index (χ1n) is 7.59. The molecule has 0 radical (unpaired) electrons. The maximum atomic E-state index is 4.52. The molecule has 0 unspecified atom stereocenters. The highest BCUT2D eigenvalue weighted by Gasteiger charge is 2.14. The molecule has 2 aromatic rings. The predicted octanol–water partition coefficient (Wildman–Crippen LogP) is 2.65. The number of nitrogens with one attached hydrogen (secondary N) is 1. The van der Waals surface area contributed by atoms with Gasteiger partial charge in [-0.05, 0) is 47.6 Å². The SMILES string of the molecule is CCn1nc(C)cc1Cn1c(CNC(C)(C)C)cnc1C. The standard InChI is InChI=1S/C16H27N5/c1-7-21-14(8-12(2)19-21)11-20-13(3)17-9-15(20)10-18-16(4,5)6/h8-9,18H,7,10-11H2,1-6H3. The van der Waals surface area contributed by atoms with Crippen molar-refractivity contribution in [3.05, 3.63) is 35.2 Å². The molecule has 0 fully saturated rings. The molecule has 0 aliphatic heterocycles. The average Bonchev–Trinajstić information content (AvgIpc) is 2.91. The maximum absolute atomic E-state index is 4.52. The minimum absolute atomic E-state index is 0.102. The number of hydrogen-bond donors (Lipinski definition) is 1. The highest BCUT2D eigenvalue weighted by atomic mass is 15.3. The van der Waals surface area contributed by atoms with Crippen LogP contribution in [0.5, 0.6) is 0 Å². The van der Waals surface area contributed by atoms with Gasteiger partial charge >= 0.3 is 0 Å². The molecule has 0 amide bonds. The summed E-state index contributed by atoms with van der Waals surface area (Å²) in [5, 5.41) is 8.05. The first-order chi connectivity index (χ1) is 9.80. The maximum Gasteiger partial charge on any atom is 0.106 e. The molecule has 0 saturated carbocycles. The molecule has 1 N–H and O–H groups in total. The first-order valence-corrected chi connectivity index (χ1v) is 7.59. The van der Waals surface area contributed by atoms with Gasteiger partial charge in [-0.15, -0.1) is 0 Å². The molecule has 5 nitrogen and oxygen atoms in total. The lowest BCUT2D eigenvalue weighted by molar-refractivity contribution is 0.415. The second-order valence-corrected chi connectivity index (χ2v) is 6.58. The van der Waals surface area contributed by atoms with Crippen molar-refractivity contribution in [2.45, 2.75) is 66.7 Å². The Balaban J connectivity index is 2.21. The zero-order chi connectivity index (χ0) is 15.6. The van der Waals surface area contributed by atoms with Crippen LogP contribution in [0.4, 0.5) is 0 Å². The number of nitrogens with zero attached hydrogens (tertiary/aromatic N) is 4.